The van der Waals surface area contributed by atoms with E-state index in [0.717, 1.165) is 24.1 Å². The van der Waals surface area contributed by atoms with E-state index < -0.39 is 0 Å². The van der Waals surface area contributed by atoms with Crippen molar-refractivity contribution in [3.63, 3.8) is 0 Å². The maximum atomic E-state index is 12.3. The lowest BCUT2D eigenvalue weighted by Gasteiger charge is -2.22. The van der Waals surface area contributed by atoms with Gasteiger partial charge in [-0.05, 0) is 42.5 Å². The van der Waals surface area contributed by atoms with Gasteiger partial charge in [-0.25, -0.2) is 0 Å². The van der Waals surface area contributed by atoms with Gasteiger partial charge in [-0.15, -0.1) is 0 Å². The number of H-pyrrole nitrogens is 1. The molecule has 0 spiro atoms. The van der Waals surface area contributed by atoms with E-state index in [-0.39, 0.29) is 11.1 Å². The van der Waals surface area contributed by atoms with Crippen molar-refractivity contribution in [3.8, 4) is 17.2 Å². The number of halogens is 1. The van der Waals surface area contributed by atoms with Crippen LogP contribution < -0.4 is 5.56 Å². The Morgan fingerprint density at radius 1 is 1.14 bits per heavy atom. The maximum absolute atomic E-state index is 12.3. The molecule has 1 N–H and O–H groups in total. The number of aromatic amines is 1. The van der Waals surface area contributed by atoms with Gasteiger partial charge >= 0.3 is 0 Å². The van der Waals surface area contributed by atoms with Gasteiger partial charge in [0.1, 0.15) is 11.6 Å². The largest absolute Gasteiger partial charge is 0.325 e. The van der Waals surface area contributed by atoms with Crippen LogP contribution in [-0.4, -0.2) is 4.98 Å². The predicted molar refractivity (Wildman–Crippen MR) is 88.0 cm³/mol. The minimum Gasteiger partial charge on any atom is -0.325 e. The summed E-state index contributed by atoms with van der Waals surface area (Å²) in [5.74, 6) is 0.389. The number of hydrogen-bond acceptors (Lipinski definition) is 2. The normalized spacial score (nSPS) is 15.5. The molecule has 2 aromatic rings. The molecule has 22 heavy (non-hydrogen) atoms. The minimum absolute atomic E-state index is 0.168. The molecule has 0 saturated heterocycles. The van der Waals surface area contributed by atoms with Crippen molar-refractivity contribution in [3.05, 3.63) is 57.0 Å². The summed E-state index contributed by atoms with van der Waals surface area (Å²) in [7, 11) is 0. The van der Waals surface area contributed by atoms with E-state index in [1.807, 2.05) is 24.3 Å². The Kier molecular flexibility index (Phi) is 4.31. The number of nitrogens with zero attached hydrogens (tertiary/aromatic N) is 1. The van der Waals surface area contributed by atoms with Crippen molar-refractivity contribution in [1.82, 2.24) is 4.98 Å². The van der Waals surface area contributed by atoms with E-state index in [1.165, 1.54) is 19.3 Å². The van der Waals surface area contributed by atoms with Crippen LogP contribution in [-0.2, 0) is 0 Å². The molecule has 3 nitrogen and oxygen atoms in total. The van der Waals surface area contributed by atoms with Crippen LogP contribution in [0.3, 0.4) is 0 Å². The molecule has 0 unspecified atom stereocenters. The fourth-order valence-electron chi connectivity index (χ4n) is 3.18. The van der Waals surface area contributed by atoms with E-state index in [0.29, 0.717) is 16.5 Å². The van der Waals surface area contributed by atoms with E-state index in [9.17, 15) is 10.1 Å². The fraction of sp³-hybridized carbons (Fsp3) is 0.333. The van der Waals surface area contributed by atoms with Crippen LogP contribution in [0.15, 0.2) is 35.1 Å². The minimum atomic E-state index is -0.296. The third kappa shape index (κ3) is 2.93. The first-order chi connectivity index (χ1) is 10.7. The van der Waals surface area contributed by atoms with Crippen LogP contribution in [0, 0.1) is 11.3 Å². The molecule has 1 aliphatic rings. The van der Waals surface area contributed by atoms with Crippen molar-refractivity contribution in [1.29, 1.82) is 5.26 Å². The average Bonchev–Trinajstić information content (AvgIpc) is 2.55. The quantitative estimate of drug-likeness (QED) is 0.880. The molecule has 1 saturated carbocycles. The summed E-state index contributed by atoms with van der Waals surface area (Å²) in [5, 5.41) is 9.96. The van der Waals surface area contributed by atoms with E-state index in [2.05, 4.69) is 4.98 Å². The number of pyridine rings is 1. The van der Waals surface area contributed by atoms with Crippen molar-refractivity contribution < 1.29 is 0 Å². The van der Waals surface area contributed by atoms with Gasteiger partial charge in [-0.3, -0.25) is 4.79 Å². The zero-order valence-electron chi connectivity index (χ0n) is 12.2. The molecule has 1 aromatic heterocycles. The van der Waals surface area contributed by atoms with Gasteiger partial charge in [-0.1, -0.05) is 43.0 Å². The van der Waals surface area contributed by atoms with E-state index in [1.54, 1.807) is 12.1 Å². The Balaban J connectivity index is 2.10. The Morgan fingerprint density at radius 3 is 2.45 bits per heavy atom. The Labute approximate surface area is 134 Å². The third-order valence-corrected chi connectivity index (χ3v) is 4.62. The van der Waals surface area contributed by atoms with Crippen LogP contribution in [0.2, 0.25) is 5.02 Å². The van der Waals surface area contributed by atoms with Crippen molar-refractivity contribution in [2.75, 3.05) is 0 Å². The van der Waals surface area contributed by atoms with Crippen LogP contribution >= 0.6 is 11.6 Å². The molecule has 1 aromatic carbocycles. The number of nitriles is 1. The van der Waals surface area contributed by atoms with Crippen LogP contribution in [0.4, 0.5) is 0 Å². The molecule has 1 heterocycles. The highest BCUT2D eigenvalue weighted by Crippen LogP contribution is 2.33. The smallest absolute Gasteiger partial charge is 0.266 e. The zero-order valence-corrected chi connectivity index (χ0v) is 13.0. The van der Waals surface area contributed by atoms with Crippen LogP contribution in [0.5, 0.6) is 0 Å². The van der Waals surface area contributed by atoms with Crippen molar-refractivity contribution in [2.45, 2.75) is 38.0 Å². The molecule has 0 aliphatic heterocycles. The third-order valence-electron chi connectivity index (χ3n) is 4.37. The maximum Gasteiger partial charge on any atom is 0.266 e. The van der Waals surface area contributed by atoms with E-state index in [4.69, 9.17) is 11.6 Å². The summed E-state index contributed by atoms with van der Waals surface area (Å²) in [6.45, 7) is 0. The van der Waals surface area contributed by atoms with Gasteiger partial charge in [0, 0.05) is 16.3 Å². The van der Waals surface area contributed by atoms with Gasteiger partial charge < -0.3 is 4.98 Å². The SMILES string of the molecule is N#Cc1c(-c2ccc(Cl)cc2)cc(C2CCCCC2)[nH]c1=O. The summed E-state index contributed by atoms with van der Waals surface area (Å²) in [5.41, 5.74) is 2.37. The molecule has 1 aliphatic carbocycles. The topological polar surface area (TPSA) is 56.6 Å². The summed E-state index contributed by atoms with van der Waals surface area (Å²) < 4.78 is 0. The molecule has 112 valence electrons. The molecule has 0 radical (unpaired) electrons. The van der Waals surface area contributed by atoms with Crippen LogP contribution in [0.25, 0.3) is 11.1 Å². The summed E-state index contributed by atoms with van der Waals surface area (Å²) >= 11 is 5.92. The molecular weight excluding hydrogens is 296 g/mol. The highest BCUT2D eigenvalue weighted by Gasteiger charge is 2.19. The number of rotatable bonds is 2. The molecule has 3 rings (SSSR count). The predicted octanol–water partition coefficient (Wildman–Crippen LogP) is 4.61. The molecule has 0 atom stereocenters. The summed E-state index contributed by atoms with van der Waals surface area (Å²) in [6.07, 6.45) is 5.86. The van der Waals surface area contributed by atoms with Gasteiger partial charge in [0.2, 0.25) is 0 Å². The summed E-state index contributed by atoms with van der Waals surface area (Å²) in [4.78, 5) is 15.2. The zero-order chi connectivity index (χ0) is 15.5. The second kappa shape index (κ2) is 6.37. The van der Waals surface area contributed by atoms with Gasteiger partial charge in [0.25, 0.3) is 5.56 Å². The first-order valence-electron chi connectivity index (χ1n) is 7.62. The number of hydrogen-bond donors (Lipinski definition) is 1. The van der Waals surface area contributed by atoms with Crippen molar-refractivity contribution in [2.24, 2.45) is 0 Å². The van der Waals surface area contributed by atoms with Gasteiger partial charge in [-0.2, -0.15) is 5.26 Å². The second-order valence-corrected chi connectivity index (χ2v) is 6.23. The highest BCUT2D eigenvalue weighted by atomic mass is 35.5. The number of benzene rings is 1. The second-order valence-electron chi connectivity index (χ2n) is 5.80. The lowest BCUT2D eigenvalue weighted by molar-refractivity contribution is 0.436. The average molecular weight is 313 g/mol. The van der Waals surface area contributed by atoms with Gasteiger partial charge in [0.05, 0.1) is 0 Å². The summed E-state index contributed by atoms with van der Waals surface area (Å²) in [6, 6.07) is 11.3. The number of nitrogens with one attached hydrogen (secondary N) is 1. The fourth-order valence-corrected chi connectivity index (χ4v) is 3.31. The van der Waals surface area contributed by atoms with E-state index >= 15 is 0 Å². The molecule has 1 fully saturated rings. The molecule has 4 heteroatoms. The molecule has 0 bridgehead atoms. The highest BCUT2D eigenvalue weighted by molar-refractivity contribution is 6.30. The van der Waals surface area contributed by atoms with Crippen LogP contribution in [0.1, 0.15) is 49.3 Å². The first-order valence-corrected chi connectivity index (χ1v) is 8.00. The standard InChI is InChI=1S/C18H17ClN2O/c19-14-8-6-12(7-9-14)15-10-17(13-4-2-1-3-5-13)21-18(22)16(15)11-20/h6-10,13H,1-5H2,(H,21,22). The molecule has 0 amide bonds. The lowest BCUT2D eigenvalue weighted by atomic mass is 9.85. The Morgan fingerprint density at radius 2 is 1.82 bits per heavy atom. The molecular formula is C18H17ClN2O. The Hall–Kier alpha value is -2.05. The Bertz CT molecular complexity index is 765. The lowest BCUT2D eigenvalue weighted by Crippen LogP contribution is -2.17. The first kappa shape index (κ1) is 14.9. The number of aromatic nitrogens is 1. The van der Waals surface area contributed by atoms with Gasteiger partial charge in [0.15, 0.2) is 0 Å². The monoisotopic (exact) mass is 312 g/mol. The van der Waals surface area contributed by atoms with Crippen molar-refractivity contribution >= 4 is 11.6 Å².